The zero-order chi connectivity index (χ0) is 9.69. The Bertz CT molecular complexity index is 252. The largest absolute Gasteiger partial charge is 0.628 e. The molecule has 4 heteroatoms. The Labute approximate surface area is 78.3 Å². The van der Waals surface area contributed by atoms with Gasteiger partial charge < -0.3 is 5.21 Å². The average molecular weight is 185 g/mol. The number of hydrogen-bond acceptors (Lipinski definition) is 2. The molecule has 0 radical (unpaired) electrons. The highest BCUT2D eigenvalue weighted by molar-refractivity contribution is 4.79. The van der Waals surface area contributed by atoms with E-state index in [-0.39, 0.29) is 22.9 Å². The molecule has 0 spiro atoms. The first-order valence-corrected chi connectivity index (χ1v) is 4.97. The van der Waals surface area contributed by atoms with Gasteiger partial charge in [0.25, 0.3) is 6.04 Å². The van der Waals surface area contributed by atoms with Gasteiger partial charge in [-0.05, 0) is 20.3 Å². The van der Waals surface area contributed by atoms with Gasteiger partial charge in [0.15, 0.2) is 6.54 Å². The third-order valence-corrected chi connectivity index (χ3v) is 3.71. The van der Waals surface area contributed by atoms with Crippen LogP contribution < -0.4 is 0 Å². The number of quaternary nitrogens is 1. The fourth-order valence-corrected chi connectivity index (χ4v) is 2.48. The Morgan fingerprint density at radius 1 is 1.54 bits per heavy atom. The van der Waals surface area contributed by atoms with Gasteiger partial charge in [0.2, 0.25) is 0 Å². The number of fused-ring (bicyclic) bond motifs is 2. The summed E-state index contributed by atoms with van der Waals surface area (Å²) < 4.78 is 0.690. The molecule has 2 heterocycles. The highest BCUT2D eigenvalue weighted by Gasteiger charge is 2.54. The number of hydroxylamine groups is 3. The maximum Gasteiger partial charge on any atom is 0.318 e. The summed E-state index contributed by atoms with van der Waals surface area (Å²) in [6.07, 6.45) is 2.86. The third kappa shape index (κ3) is 1.20. The van der Waals surface area contributed by atoms with E-state index in [2.05, 4.69) is 0 Å². The summed E-state index contributed by atoms with van der Waals surface area (Å²) in [6, 6.07) is -0.0146. The molecule has 2 fully saturated rings. The molecule has 0 aliphatic carbocycles. The monoisotopic (exact) mass is 185 g/mol. The topological polar surface area (TPSA) is 43.1 Å². The van der Waals surface area contributed by atoms with Gasteiger partial charge in [-0.3, -0.25) is 4.65 Å². The van der Waals surface area contributed by atoms with Gasteiger partial charge in [-0.15, -0.1) is 0 Å². The van der Waals surface area contributed by atoms with Crippen molar-refractivity contribution in [2.45, 2.75) is 44.7 Å². The van der Waals surface area contributed by atoms with E-state index in [0.29, 0.717) is 6.54 Å². The third-order valence-electron chi connectivity index (χ3n) is 3.71. The SMILES string of the molecule is CC1(C)CCCC2C[N+]1([O-])C[N+]2=O. The van der Waals surface area contributed by atoms with Crippen LogP contribution in [0.4, 0.5) is 0 Å². The predicted octanol–water partition coefficient (Wildman–Crippen LogP) is 1.38. The zero-order valence-corrected chi connectivity index (χ0v) is 8.32. The fraction of sp³-hybridized carbons (Fsp3) is 1.00. The van der Waals surface area contributed by atoms with Crippen LogP contribution in [0.2, 0.25) is 0 Å². The van der Waals surface area contributed by atoms with Gasteiger partial charge in [-0.2, -0.15) is 0 Å². The molecule has 0 saturated carbocycles. The second kappa shape index (κ2) is 2.51. The lowest BCUT2D eigenvalue weighted by molar-refractivity contribution is -0.956. The Hall–Kier alpha value is -0.480. The first-order chi connectivity index (χ1) is 5.95. The molecule has 2 bridgehead atoms. The molecule has 74 valence electrons. The lowest BCUT2D eigenvalue weighted by atomic mass is 9.96. The van der Waals surface area contributed by atoms with Gasteiger partial charge in [0.05, 0.1) is 10.3 Å². The highest BCUT2D eigenvalue weighted by Crippen LogP contribution is 2.37. The molecular weight excluding hydrogens is 168 g/mol. The molecule has 2 atom stereocenters. The second-order valence-electron chi connectivity index (χ2n) is 4.99. The van der Waals surface area contributed by atoms with E-state index in [0.717, 1.165) is 24.0 Å². The van der Waals surface area contributed by atoms with E-state index in [1.54, 1.807) is 0 Å². The van der Waals surface area contributed by atoms with Crippen LogP contribution in [0.1, 0.15) is 33.1 Å². The average Bonchev–Trinajstić information content (AvgIpc) is 2.22. The summed E-state index contributed by atoms with van der Waals surface area (Å²) in [5.74, 6) is 0. The Kier molecular flexibility index (Phi) is 1.76. The molecular formula is C9H17N2O2+. The van der Waals surface area contributed by atoms with Crippen molar-refractivity contribution >= 4 is 0 Å². The van der Waals surface area contributed by atoms with Gasteiger partial charge >= 0.3 is 6.67 Å². The van der Waals surface area contributed by atoms with Crippen molar-refractivity contribution in [2.24, 2.45) is 0 Å². The summed E-state index contributed by atoms with van der Waals surface area (Å²) in [5, 5.41) is 12.3. The zero-order valence-electron chi connectivity index (χ0n) is 8.32. The molecule has 0 aromatic heterocycles. The quantitative estimate of drug-likeness (QED) is 0.325. The minimum atomic E-state index is -0.304. The summed E-state index contributed by atoms with van der Waals surface area (Å²) in [5.41, 5.74) is -0.270. The number of nitrogens with zero attached hydrogens (tertiary/aromatic N) is 2. The van der Waals surface area contributed by atoms with E-state index in [9.17, 15) is 10.1 Å². The van der Waals surface area contributed by atoms with Crippen LogP contribution in [-0.4, -0.2) is 34.2 Å². The lowest BCUT2D eigenvalue weighted by Gasteiger charge is -2.46. The normalized spacial score (nSPS) is 43.3. The molecule has 2 aliphatic rings. The first kappa shape index (κ1) is 9.09. The van der Waals surface area contributed by atoms with E-state index < -0.39 is 0 Å². The van der Waals surface area contributed by atoms with Crippen LogP contribution in [0.3, 0.4) is 0 Å². The van der Waals surface area contributed by atoms with Crippen LogP contribution in [-0.2, 0) is 0 Å². The van der Waals surface area contributed by atoms with Crippen molar-refractivity contribution in [2.75, 3.05) is 13.2 Å². The van der Waals surface area contributed by atoms with Crippen LogP contribution in [0.15, 0.2) is 0 Å². The smallest absolute Gasteiger partial charge is 0.318 e. The molecule has 13 heavy (non-hydrogen) atoms. The minimum absolute atomic E-state index is 0.0146. The summed E-state index contributed by atoms with van der Waals surface area (Å²) in [4.78, 5) is 11.4. The standard InChI is InChI=1S/C9H17N2O2/c1-9(2)5-3-4-8-6-11(9,13)7-10(8)12/h8H,3-7H2,1-2H3/q+1. The van der Waals surface area contributed by atoms with Gasteiger partial charge in [-0.25, -0.2) is 0 Å². The Balaban J connectivity index is 2.33. The minimum Gasteiger partial charge on any atom is -0.628 e. The summed E-state index contributed by atoms with van der Waals surface area (Å²) in [6.45, 7) is 4.61. The molecule has 0 amide bonds. The number of nitroso groups, excluding NO2 is 1. The number of rotatable bonds is 0. The second-order valence-corrected chi connectivity index (χ2v) is 4.99. The van der Waals surface area contributed by atoms with Crippen LogP contribution in [0.5, 0.6) is 0 Å². The molecule has 2 aliphatic heterocycles. The molecule has 2 unspecified atom stereocenters. The van der Waals surface area contributed by atoms with E-state index >= 15 is 0 Å². The molecule has 0 aromatic carbocycles. The van der Waals surface area contributed by atoms with Crippen molar-refractivity contribution in [3.05, 3.63) is 10.1 Å². The summed E-state index contributed by atoms with van der Waals surface area (Å²) >= 11 is 0. The summed E-state index contributed by atoms with van der Waals surface area (Å²) in [7, 11) is 0. The Morgan fingerprint density at radius 3 is 2.92 bits per heavy atom. The lowest BCUT2D eigenvalue weighted by Crippen LogP contribution is -2.55. The molecule has 0 aromatic rings. The molecule has 2 rings (SSSR count). The van der Waals surface area contributed by atoms with E-state index in [4.69, 9.17) is 0 Å². The van der Waals surface area contributed by atoms with Gasteiger partial charge in [-0.1, -0.05) is 0 Å². The highest BCUT2D eigenvalue weighted by atomic mass is 16.6. The van der Waals surface area contributed by atoms with Crippen LogP contribution >= 0.6 is 0 Å². The maximum atomic E-state index is 12.3. The molecule has 0 N–H and O–H groups in total. The van der Waals surface area contributed by atoms with Crippen molar-refractivity contribution in [1.29, 1.82) is 0 Å². The Morgan fingerprint density at radius 2 is 2.23 bits per heavy atom. The van der Waals surface area contributed by atoms with Crippen LogP contribution in [0, 0.1) is 10.1 Å². The molecule has 2 saturated heterocycles. The fourth-order valence-electron chi connectivity index (χ4n) is 2.48. The maximum absolute atomic E-state index is 12.3. The van der Waals surface area contributed by atoms with Crippen molar-refractivity contribution in [1.82, 2.24) is 0 Å². The van der Waals surface area contributed by atoms with Gasteiger partial charge in [0.1, 0.15) is 0 Å². The first-order valence-electron chi connectivity index (χ1n) is 4.97. The van der Waals surface area contributed by atoms with Crippen LogP contribution in [0.25, 0.3) is 0 Å². The van der Waals surface area contributed by atoms with Crippen molar-refractivity contribution in [3.63, 3.8) is 0 Å². The predicted molar refractivity (Wildman–Crippen MR) is 48.7 cm³/mol. The molecule has 4 nitrogen and oxygen atoms in total. The van der Waals surface area contributed by atoms with E-state index in [1.165, 1.54) is 0 Å². The van der Waals surface area contributed by atoms with Gasteiger partial charge in [0, 0.05) is 17.7 Å². The van der Waals surface area contributed by atoms with Crippen molar-refractivity contribution < 1.29 is 9.41 Å². The van der Waals surface area contributed by atoms with E-state index in [1.807, 2.05) is 13.8 Å². The van der Waals surface area contributed by atoms with Crippen molar-refractivity contribution in [3.8, 4) is 0 Å². The number of hydrogen-bond donors (Lipinski definition) is 0.